The van der Waals surface area contributed by atoms with Crippen LogP contribution in [0.5, 0.6) is 0 Å². The van der Waals surface area contributed by atoms with Crippen molar-refractivity contribution in [2.24, 2.45) is 5.92 Å². The highest BCUT2D eigenvalue weighted by molar-refractivity contribution is 5.76. The molecule has 1 heterocycles. The molecule has 21 heavy (non-hydrogen) atoms. The van der Waals surface area contributed by atoms with Crippen molar-refractivity contribution in [1.82, 2.24) is 0 Å². The molecular weight excluding hydrogens is 266 g/mol. The van der Waals surface area contributed by atoms with Crippen molar-refractivity contribution in [3.63, 3.8) is 0 Å². The van der Waals surface area contributed by atoms with Crippen LogP contribution < -0.4 is 4.90 Å². The molecule has 1 atom stereocenters. The lowest BCUT2D eigenvalue weighted by Crippen LogP contribution is -2.21. The predicted octanol–water partition coefficient (Wildman–Crippen LogP) is 2.82. The largest absolute Gasteiger partial charge is 0.465 e. The minimum absolute atomic E-state index is 0.122. The molecule has 1 saturated heterocycles. The molecule has 1 aromatic rings. The number of anilines is 1. The lowest BCUT2D eigenvalue weighted by Gasteiger charge is -2.18. The Morgan fingerprint density at radius 1 is 1.24 bits per heavy atom. The van der Waals surface area contributed by atoms with Crippen molar-refractivity contribution < 1.29 is 14.3 Å². The number of carbonyl (C=O) groups is 2. The van der Waals surface area contributed by atoms with Gasteiger partial charge < -0.3 is 14.4 Å². The van der Waals surface area contributed by atoms with Crippen LogP contribution >= 0.6 is 0 Å². The number of hydrogen-bond donors (Lipinski definition) is 0. The van der Waals surface area contributed by atoms with Crippen molar-refractivity contribution in [3.05, 3.63) is 30.3 Å². The molecular formula is C17H23NO3. The molecule has 0 aliphatic carbocycles. The number of hydrogen-bond acceptors (Lipinski definition) is 4. The number of Topliss-reactive ketones (excluding diaryl/α,β-unsaturated/α-hetero) is 1. The van der Waals surface area contributed by atoms with E-state index >= 15 is 0 Å². The van der Waals surface area contributed by atoms with Gasteiger partial charge in [-0.15, -0.1) is 0 Å². The van der Waals surface area contributed by atoms with Gasteiger partial charge in [-0.25, -0.2) is 0 Å². The zero-order valence-electron chi connectivity index (χ0n) is 12.6. The summed E-state index contributed by atoms with van der Waals surface area (Å²) in [7, 11) is 0. The Bertz CT molecular complexity index is 472. The highest BCUT2D eigenvalue weighted by Gasteiger charge is 2.23. The summed E-state index contributed by atoms with van der Waals surface area (Å²) in [6.45, 7) is 3.98. The summed E-state index contributed by atoms with van der Waals surface area (Å²) in [5.74, 6) is 0.341. The molecule has 1 aromatic carbocycles. The summed E-state index contributed by atoms with van der Waals surface area (Å²) in [5, 5.41) is 0. The Labute approximate surface area is 126 Å². The van der Waals surface area contributed by atoms with E-state index in [1.165, 1.54) is 5.69 Å². The van der Waals surface area contributed by atoms with Gasteiger partial charge in [-0.1, -0.05) is 18.2 Å². The molecule has 0 radical (unpaired) electrons. The quantitative estimate of drug-likeness (QED) is 0.724. The van der Waals surface area contributed by atoms with Crippen LogP contribution in [-0.2, 0) is 14.3 Å². The van der Waals surface area contributed by atoms with Gasteiger partial charge in [0.15, 0.2) is 0 Å². The topological polar surface area (TPSA) is 46.6 Å². The maximum Gasteiger partial charge on any atom is 0.305 e. The Balaban J connectivity index is 1.66. The number of rotatable bonds is 7. The molecule has 0 amide bonds. The van der Waals surface area contributed by atoms with E-state index < -0.39 is 0 Å². The second kappa shape index (κ2) is 7.81. The molecule has 0 unspecified atom stereocenters. The molecule has 0 N–H and O–H groups in total. The van der Waals surface area contributed by atoms with E-state index in [0.717, 1.165) is 19.5 Å². The van der Waals surface area contributed by atoms with E-state index in [4.69, 9.17) is 4.74 Å². The second-order valence-corrected chi connectivity index (χ2v) is 5.67. The summed E-state index contributed by atoms with van der Waals surface area (Å²) >= 11 is 0. The zero-order valence-corrected chi connectivity index (χ0v) is 12.6. The van der Waals surface area contributed by atoms with Crippen molar-refractivity contribution in [2.45, 2.75) is 32.6 Å². The molecule has 2 rings (SSSR count). The van der Waals surface area contributed by atoms with E-state index in [-0.39, 0.29) is 11.8 Å². The number of carbonyl (C=O) groups excluding carboxylic acids is 2. The first-order chi connectivity index (χ1) is 10.1. The average Bonchev–Trinajstić information content (AvgIpc) is 2.94. The molecule has 114 valence electrons. The van der Waals surface area contributed by atoms with Gasteiger partial charge in [-0.3, -0.25) is 4.79 Å². The van der Waals surface area contributed by atoms with E-state index in [1.807, 2.05) is 18.2 Å². The van der Waals surface area contributed by atoms with Gasteiger partial charge in [0.1, 0.15) is 5.78 Å². The van der Waals surface area contributed by atoms with Gasteiger partial charge in [-0.05, 0) is 31.9 Å². The van der Waals surface area contributed by atoms with Crippen molar-refractivity contribution in [3.8, 4) is 0 Å². The third-order valence-corrected chi connectivity index (χ3v) is 3.80. The normalized spacial score (nSPS) is 17.8. The highest BCUT2D eigenvalue weighted by atomic mass is 16.5. The zero-order chi connectivity index (χ0) is 15.1. The van der Waals surface area contributed by atoms with Crippen LogP contribution in [0.4, 0.5) is 5.69 Å². The standard InChI is InChI=1S/C17H23NO3/c1-14(19)6-5-9-17(20)21-13-15-10-11-18(12-15)16-7-3-2-4-8-16/h2-4,7-8,15H,5-6,9-13H2,1H3/t15-/m1/s1. The Morgan fingerprint density at radius 3 is 2.71 bits per heavy atom. The summed E-state index contributed by atoms with van der Waals surface area (Å²) in [6.07, 6.45) is 2.44. The van der Waals surface area contributed by atoms with Gasteiger partial charge in [0.25, 0.3) is 0 Å². The average molecular weight is 289 g/mol. The highest BCUT2D eigenvalue weighted by Crippen LogP contribution is 2.23. The van der Waals surface area contributed by atoms with Crippen LogP contribution in [0.2, 0.25) is 0 Å². The first-order valence-corrected chi connectivity index (χ1v) is 7.60. The van der Waals surface area contributed by atoms with Crippen LogP contribution in [-0.4, -0.2) is 31.4 Å². The fourth-order valence-electron chi connectivity index (χ4n) is 2.61. The minimum Gasteiger partial charge on any atom is -0.465 e. The van der Waals surface area contributed by atoms with E-state index in [9.17, 15) is 9.59 Å². The van der Waals surface area contributed by atoms with Crippen molar-refractivity contribution >= 4 is 17.4 Å². The molecule has 0 bridgehead atoms. The molecule has 0 saturated carbocycles. The number of benzene rings is 1. The van der Waals surface area contributed by atoms with Crippen LogP contribution in [0.25, 0.3) is 0 Å². The molecule has 0 spiro atoms. The molecule has 1 fully saturated rings. The van der Waals surface area contributed by atoms with Crippen molar-refractivity contribution in [1.29, 1.82) is 0 Å². The van der Waals surface area contributed by atoms with Crippen LogP contribution in [0, 0.1) is 5.92 Å². The smallest absolute Gasteiger partial charge is 0.305 e. The first-order valence-electron chi connectivity index (χ1n) is 7.60. The van der Waals surface area contributed by atoms with Gasteiger partial charge in [0, 0.05) is 37.5 Å². The lowest BCUT2D eigenvalue weighted by atomic mass is 10.1. The molecule has 1 aliphatic heterocycles. The van der Waals surface area contributed by atoms with E-state index in [1.54, 1.807) is 6.92 Å². The maximum absolute atomic E-state index is 11.6. The van der Waals surface area contributed by atoms with Crippen LogP contribution in [0.1, 0.15) is 32.6 Å². The molecule has 0 aromatic heterocycles. The third kappa shape index (κ3) is 5.21. The summed E-state index contributed by atoms with van der Waals surface area (Å²) < 4.78 is 5.32. The SMILES string of the molecule is CC(=O)CCCC(=O)OC[C@@H]1CCN(c2ccccc2)C1. The lowest BCUT2D eigenvalue weighted by molar-refractivity contribution is -0.144. The van der Waals surface area contributed by atoms with Gasteiger partial charge in [-0.2, -0.15) is 0 Å². The van der Waals surface area contributed by atoms with Gasteiger partial charge in [0.2, 0.25) is 0 Å². The molecule has 4 nitrogen and oxygen atoms in total. The summed E-state index contributed by atoms with van der Waals surface area (Å²) in [5.41, 5.74) is 1.23. The maximum atomic E-state index is 11.6. The van der Waals surface area contributed by atoms with Gasteiger partial charge >= 0.3 is 5.97 Å². The fourth-order valence-corrected chi connectivity index (χ4v) is 2.61. The molecule has 1 aliphatic rings. The first kappa shape index (κ1) is 15.5. The second-order valence-electron chi connectivity index (χ2n) is 5.67. The Kier molecular flexibility index (Phi) is 5.78. The summed E-state index contributed by atoms with van der Waals surface area (Å²) in [6, 6.07) is 10.3. The van der Waals surface area contributed by atoms with E-state index in [0.29, 0.717) is 31.8 Å². The number of esters is 1. The predicted molar refractivity (Wildman–Crippen MR) is 82.3 cm³/mol. The van der Waals surface area contributed by atoms with Crippen LogP contribution in [0.3, 0.4) is 0 Å². The monoisotopic (exact) mass is 289 g/mol. The fraction of sp³-hybridized carbons (Fsp3) is 0.529. The Morgan fingerprint density at radius 2 is 2.00 bits per heavy atom. The van der Waals surface area contributed by atoms with Crippen LogP contribution in [0.15, 0.2) is 30.3 Å². The Hall–Kier alpha value is -1.84. The van der Waals surface area contributed by atoms with E-state index in [2.05, 4.69) is 17.0 Å². The minimum atomic E-state index is -0.186. The van der Waals surface area contributed by atoms with Gasteiger partial charge in [0.05, 0.1) is 6.61 Å². The third-order valence-electron chi connectivity index (χ3n) is 3.80. The molecule has 4 heteroatoms. The number of ether oxygens (including phenoxy) is 1. The summed E-state index contributed by atoms with van der Waals surface area (Å²) in [4.78, 5) is 24.7. The number of para-hydroxylation sites is 1. The number of ketones is 1. The number of nitrogens with zero attached hydrogens (tertiary/aromatic N) is 1. The van der Waals surface area contributed by atoms with Crippen molar-refractivity contribution in [2.75, 3.05) is 24.6 Å².